The molecule has 0 saturated heterocycles. The summed E-state index contributed by atoms with van der Waals surface area (Å²) in [7, 11) is 0. The van der Waals surface area contributed by atoms with Gasteiger partial charge in [0.05, 0.1) is 0 Å². The fourth-order valence-corrected chi connectivity index (χ4v) is 2.64. The lowest BCUT2D eigenvalue weighted by atomic mass is 10.2. The Hall–Kier alpha value is -2.40. The Morgan fingerprint density at radius 1 is 1.19 bits per heavy atom. The largest absolute Gasteiger partial charge is 0.477 e. The highest BCUT2D eigenvalue weighted by Gasteiger charge is 2.13. The maximum Gasteiger partial charge on any atom is 0.352 e. The van der Waals surface area contributed by atoms with E-state index >= 15 is 0 Å². The number of aliphatic carboxylic acids is 1. The average molecular weight is 301 g/mol. The van der Waals surface area contributed by atoms with Crippen LogP contribution in [0.1, 0.15) is 27.0 Å². The summed E-state index contributed by atoms with van der Waals surface area (Å²) in [5.74, 6) is -1.60. The van der Waals surface area contributed by atoms with Gasteiger partial charge in [-0.3, -0.25) is 4.79 Å². The van der Waals surface area contributed by atoms with Gasteiger partial charge in [0, 0.05) is 15.3 Å². The number of carboxylic acid groups (broad SMARTS) is 1. The third kappa shape index (κ3) is 4.03. The first-order valence-corrected chi connectivity index (χ1v) is 7.32. The first-order valence-electron chi connectivity index (χ1n) is 6.50. The lowest BCUT2D eigenvalue weighted by Gasteiger charge is -2.05. The van der Waals surface area contributed by atoms with Crippen molar-refractivity contribution in [2.24, 2.45) is 0 Å². The van der Waals surface area contributed by atoms with Crippen LogP contribution in [0.2, 0.25) is 0 Å². The second-order valence-corrected chi connectivity index (χ2v) is 5.54. The highest BCUT2D eigenvalue weighted by atomic mass is 32.1. The molecule has 0 radical (unpaired) electrons. The molecule has 0 spiro atoms. The van der Waals surface area contributed by atoms with E-state index in [0.717, 1.165) is 11.3 Å². The predicted molar refractivity (Wildman–Crippen MR) is 83.2 cm³/mol. The number of carboxylic acids is 1. The minimum atomic E-state index is -1.16. The molecule has 0 bridgehead atoms. The molecule has 1 aromatic heterocycles. The lowest BCUT2D eigenvalue weighted by Crippen LogP contribution is -2.27. The summed E-state index contributed by atoms with van der Waals surface area (Å²) in [6.07, 6.45) is 2.38. The van der Waals surface area contributed by atoms with Crippen molar-refractivity contribution in [3.05, 3.63) is 63.5 Å². The van der Waals surface area contributed by atoms with Gasteiger partial charge in [-0.05, 0) is 36.8 Å². The fourth-order valence-electron chi connectivity index (χ4n) is 1.74. The van der Waals surface area contributed by atoms with E-state index in [-0.39, 0.29) is 5.70 Å². The van der Waals surface area contributed by atoms with Crippen LogP contribution in [0.3, 0.4) is 0 Å². The highest BCUT2D eigenvalue weighted by molar-refractivity contribution is 7.12. The first-order chi connectivity index (χ1) is 10.1. The van der Waals surface area contributed by atoms with Crippen LogP contribution in [0.5, 0.6) is 0 Å². The van der Waals surface area contributed by atoms with Crippen LogP contribution in [0.25, 0.3) is 6.08 Å². The Bertz CT molecular complexity index is 674. The zero-order chi connectivity index (χ0) is 15.2. The van der Waals surface area contributed by atoms with Gasteiger partial charge in [0.25, 0.3) is 5.91 Å². The second kappa shape index (κ2) is 6.85. The standard InChI is InChI=1S/C16H15NO3S/c1-2-12-8-9-13(21-12)10-14(16(19)20)17-15(18)11-6-4-3-5-7-11/h3-10H,2H2,1H3,(H,17,18)(H,19,20). The average Bonchev–Trinajstić information content (AvgIpc) is 2.95. The van der Waals surface area contributed by atoms with Gasteiger partial charge in [0.15, 0.2) is 0 Å². The molecule has 0 aliphatic heterocycles. The molecule has 2 rings (SSSR count). The van der Waals surface area contributed by atoms with E-state index in [1.807, 2.05) is 19.1 Å². The summed E-state index contributed by atoms with van der Waals surface area (Å²) >= 11 is 1.51. The van der Waals surface area contributed by atoms with Gasteiger partial charge in [-0.25, -0.2) is 4.79 Å². The molecule has 4 nitrogen and oxygen atoms in total. The van der Waals surface area contributed by atoms with Gasteiger partial charge in [0.1, 0.15) is 5.70 Å². The smallest absolute Gasteiger partial charge is 0.352 e. The molecule has 0 unspecified atom stereocenters. The Morgan fingerprint density at radius 2 is 1.90 bits per heavy atom. The lowest BCUT2D eigenvalue weighted by molar-refractivity contribution is -0.132. The van der Waals surface area contributed by atoms with E-state index < -0.39 is 11.9 Å². The molecule has 0 atom stereocenters. The van der Waals surface area contributed by atoms with Gasteiger partial charge >= 0.3 is 5.97 Å². The Labute approximate surface area is 126 Å². The van der Waals surface area contributed by atoms with Crippen molar-refractivity contribution in [3.63, 3.8) is 0 Å². The van der Waals surface area contributed by atoms with Crippen molar-refractivity contribution in [2.45, 2.75) is 13.3 Å². The normalized spacial score (nSPS) is 11.2. The van der Waals surface area contributed by atoms with Crippen LogP contribution in [-0.4, -0.2) is 17.0 Å². The molecule has 5 heteroatoms. The van der Waals surface area contributed by atoms with Crippen LogP contribution < -0.4 is 5.32 Å². The second-order valence-electron chi connectivity index (χ2n) is 4.34. The molecule has 2 N–H and O–H groups in total. The zero-order valence-corrected chi connectivity index (χ0v) is 12.3. The van der Waals surface area contributed by atoms with E-state index in [1.54, 1.807) is 30.3 Å². The maximum atomic E-state index is 12.0. The Morgan fingerprint density at radius 3 is 2.48 bits per heavy atom. The van der Waals surface area contributed by atoms with Crippen LogP contribution >= 0.6 is 11.3 Å². The molecule has 2 aromatic rings. The summed E-state index contributed by atoms with van der Waals surface area (Å²) in [5.41, 5.74) is 0.290. The number of thiophene rings is 1. The number of carbonyl (C=O) groups excluding carboxylic acids is 1. The third-order valence-corrected chi connectivity index (χ3v) is 4.01. The van der Waals surface area contributed by atoms with Gasteiger partial charge in [0.2, 0.25) is 0 Å². The van der Waals surface area contributed by atoms with Crippen LogP contribution in [0.15, 0.2) is 48.2 Å². The van der Waals surface area contributed by atoms with E-state index in [1.165, 1.54) is 22.3 Å². The van der Waals surface area contributed by atoms with Gasteiger partial charge in [-0.1, -0.05) is 25.1 Å². The monoisotopic (exact) mass is 301 g/mol. The molecule has 1 amide bonds. The molecule has 0 aliphatic carbocycles. The molecule has 108 valence electrons. The van der Waals surface area contributed by atoms with Crippen molar-refractivity contribution in [2.75, 3.05) is 0 Å². The number of carbonyl (C=O) groups is 2. The summed E-state index contributed by atoms with van der Waals surface area (Å²) in [6, 6.07) is 12.3. The minimum absolute atomic E-state index is 0.131. The van der Waals surface area contributed by atoms with E-state index in [9.17, 15) is 14.7 Å². The molecule has 1 heterocycles. The van der Waals surface area contributed by atoms with E-state index in [2.05, 4.69) is 5.32 Å². The topological polar surface area (TPSA) is 66.4 Å². The Balaban J connectivity index is 2.20. The quantitative estimate of drug-likeness (QED) is 0.834. The number of hydrogen-bond acceptors (Lipinski definition) is 3. The summed E-state index contributed by atoms with van der Waals surface area (Å²) in [6.45, 7) is 2.04. The SMILES string of the molecule is CCc1ccc(C=C(NC(=O)c2ccccc2)C(=O)O)s1. The van der Waals surface area contributed by atoms with Gasteiger partial charge in [-0.15, -0.1) is 11.3 Å². The molecule has 0 fully saturated rings. The number of aryl methyl sites for hydroxylation is 1. The number of hydrogen-bond donors (Lipinski definition) is 2. The number of rotatable bonds is 5. The van der Waals surface area contributed by atoms with E-state index in [4.69, 9.17) is 0 Å². The van der Waals surface area contributed by atoms with Crippen molar-refractivity contribution < 1.29 is 14.7 Å². The molecule has 0 aliphatic rings. The molecule has 21 heavy (non-hydrogen) atoms. The molecule has 0 saturated carbocycles. The maximum absolute atomic E-state index is 12.0. The van der Waals surface area contributed by atoms with Gasteiger partial charge < -0.3 is 10.4 Å². The molecular weight excluding hydrogens is 286 g/mol. The predicted octanol–water partition coefficient (Wildman–Crippen LogP) is 3.17. The van der Waals surface area contributed by atoms with Crippen molar-refractivity contribution in [3.8, 4) is 0 Å². The highest BCUT2D eigenvalue weighted by Crippen LogP contribution is 2.19. The van der Waals surface area contributed by atoms with Crippen molar-refractivity contribution >= 4 is 29.3 Å². The summed E-state index contributed by atoms with van der Waals surface area (Å²) in [5, 5.41) is 11.7. The fraction of sp³-hybridized carbons (Fsp3) is 0.125. The molecular formula is C16H15NO3S. The third-order valence-electron chi connectivity index (χ3n) is 2.83. The Kier molecular flexibility index (Phi) is 4.90. The van der Waals surface area contributed by atoms with E-state index in [0.29, 0.717) is 5.56 Å². The van der Waals surface area contributed by atoms with Crippen molar-refractivity contribution in [1.29, 1.82) is 0 Å². The number of nitrogens with one attached hydrogen (secondary N) is 1. The minimum Gasteiger partial charge on any atom is -0.477 e. The summed E-state index contributed by atoms with van der Waals surface area (Å²) < 4.78 is 0. The molecule has 1 aromatic carbocycles. The van der Waals surface area contributed by atoms with Crippen LogP contribution in [-0.2, 0) is 11.2 Å². The zero-order valence-electron chi connectivity index (χ0n) is 11.5. The van der Waals surface area contributed by atoms with Crippen LogP contribution in [0, 0.1) is 0 Å². The van der Waals surface area contributed by atoms with Crippen molar-refractivity contribution in [1.82, 2.24) is 5.32 Å². The first kappa shape index (κ1) is 15.0. The number of benzene rings is 1. The number of amides is 1. The van der Waals surface area contributed by atoms with Gasteiger partial charge in [-0.2, -0.15) is 0 Å². The summed E-state index contributed by atoms with van der Waals surface area (Å²) in [4.78, 5) is 25.2. The van der Waals surface area contributed by atoms with Crippen LogP contribution in [0.4, 0.5) is 0 Å².